The van der Waals surface area contributed by atoms with E-state index in [-0.39, 0.29) is 6.04 Å². The molecule has 0 amide bonds. The normalized spacial score (nSPS) is 12.4. The van der Waals surface area contributed by atoms with Gasteiger partial charge in [-0.15, -0.1) is 11.8 Å². The third-order valence-corrected chi connectivity index (χ3v) is 4.74. The molecule has 1 nitrogen and oxygen atoms in total. The molecule has 4 heteroatoms. The topological polar surface area (TPSA) is 26.0 Å². The van der Waals surface area contributed by atoms with Crippen LogP contribution in [0.2, 0.25) is 10.0 Å². The lowest BCUT2D eigenvalue weighted by molar-refractivity contribution is 0.817. The summed E-state index contributed by atoms with van der Waals surface area (Å²) in [6.07, 6.45) is 0. The molecule has 0 heterocycles. The smallest absolute Gasteiger partial charge is 0.0545 e. The molecule has 2 rings (SSSR count). The van der Waals surface area contributed by atoms with Gasteiger partial charge in [0.2, 0.25) is 0 Å². The summed E-state index contributed by atoms with van der Waals surface area (Å²) in [6.45, 7) is 1.95. The highest BCUT2D eigenvalue weighted by Crippen LogP contribution is 2.33. The first kappa shape index (κ1) is 14.7. The molecular weight excluding hydrogens is 297 g/mol. The Kier molecular flexibility index (Phi) is 5.17. The Balaban J connectivity index is 2.10. The highest BCUT2D eigenvalue weighted by molar-refractivity contribution is 7.98. The summed E-state index contributed by atoms with van der Waals surface area (Å²) in [7, 11) is 0. The lowest BCUT2D eigenvalue weighted by Gasteiger charge is -2.10. The number of hydrogen-bond donors (Lipinski definition) is 1. The van der Waals surface area contributed by atoms with Gasteiger partial charge in [-0.25, -0.2) is 0 Å². The van der Waals surface area contributed by atoms with Crippen LogP contribution in [0, 0.1) is 0 Å². The third-order valence-electron chi connectivity index (χ3n) is 2.82. The van der Waals surface area contributed by atoms with E-state index in [9.17, 15) is 0 Å². The van der Waals surface area contributed by atoms with Crippen molar-refractivity contribution in [2.75, 3.05) is 0 Å². The summed E-state index contributed by atoms with van der Waals surface area (Å²) >= 11 is 14.1. The molecule has 0 aromatic heterocycles. The first-order valence-electron chi connectivity index (χ1n) is 5.99. The van der Waals surface area contributed by atoms with Crippen molar-refractivity contribution in [2.45, 2.75) is 23.6 Å². The maximum Gasteiger partial charge on any atom is 0.0545 e. The molecule has 0 aliphatic rings. The molecule has 2 N–H and O–H groups in total. The van der Waals surface area contributed by atoms with Gasteiger partial charge in [0.1, 0.15) is 0 Å². The van der Waals surface area contributed by atoms with E-state index in [1.165, 1.54) is 0 Å². The van der Waals surface area contributed by atoms with Gasteiger partial charge in [-0.3, -0.25) is 0 Å². The standard InChI is InChI=1S/C15H15Cl2NS/c1-10(18)11-6-7-15(14(17)8-11)19-9-12-4-2-3-5-13(12)16/h2-8,10H,9,18H2,1H3. The number of rotatable bonds is 4. The maximum atomic E-state index is 6.27. The van der Waals surface area contributed by atoms with Crippen molar-refractivity contribution < 1.29 is 0 Å². The quantitative estimate of drug-likeness (QED) is 0.775. The van der Waals surface area contributed by atoms with E-state index in [1.807, 2.05) is 49.4 Å². The van der Waals surface area contributed by atoms with Gasteiger partial charge in [0.15, 0.2) is 0 Å². The Labute approximate surface area is 128 Å². The fraction of sp³-hybridized carbons (Fsp3) is 0.200. The van der Waals surface area contributed by atoms with Crippen LogP contribution in [0.4, 0.5) is 0 Å². The van der Waals surface area contributed by atoms with E-state index in [0.717, 1.165) is 31.8 Å². The summed E-state index contributed by atoms with van der Waals surface area (Å²) in [4.78, 5) is 1.05. The van der Waals surface area contributed by atoms with Crippen molar-refractivity contribution in [1.29, 1.82) is 0 Å². The second kappa shape index (κ2) is 6.67. The van der Waals surface area contributed by atoms with Crippen LogP contribution >= 0.6 is 35.0 Å². The van der Waals surface area contributed by atoms with Crippen LogP contribution in [0.3, 0.4) is 0 Å². The van der Waals surface area contributed by atoms with Gasteiger partial charge < -0.3 is 5.73 Å². The van der Waals surface area contributed by atoms with E-state index in [1.54, 1.807) is 11.8 Å². The third kappa shape index (κ3) is 3.90. The fourth-order valence-corrected chi connectivity index (χ4v) is 3.25. The average Bonchev–Trinajstić information content (AvgIpc) is 2.39. The van der Waals surface area contributed by atoms with Gasteiger partial charge in [-0.2, -0.15) is 0 Å². The molecule has 19 heavy (non-hydrogen) atoms. The largest absolute Gasteiger partial charge is 0.324 e. The molecule has 1 atom stereocenters. The Morgan fingerprint density at radius 1 is 1.11 bits per heavy atom. The van der Waals surface area contributed by atoms with Crippen LogP contribution in [-0.2, 0) is 5.75 Å². The zero-order valence-electron chi connectivity index (χ0n) is 10.6. The highest BCUT2D eigenvalue weighted by atomic mass is 35.5. The molecular formula is C15H15Cl2NS. The Hall–Kier alpha value is -0.670. The van der Waals surface area contributed by atoms with Gasteiger partial charge in [-0.05, 0) is 36.2 Å². The molecule has 100 valence electrons. The molecule has 0 fully saturated rings. The van der Waals surface area contributed by atoms with Gasteiger partial charge >= 0.3 is 0 Å². The number of hydrogen-bond acceptors (Lipinski definition) is 2. The molecule has 0 spiro atoms. The van der Waals surface area contributed by atoms with Crippen LogP contribution in [0.1, 0.15) is 24.1 Å². The van der Waals surface area contributed by atoms with E-state index >= 15 is 0 Å². The van der Waals surface area contributed by atoms with E-state index in [2.05, 4.69) is 0 Å². The van der Waals surface area contributed by atoms with Gasteiger partial charge in [-0.1, -0.05) is 47.5 Å². The summed E-state index contributed by atoms with van der Waals surface area (Å²) in [5.74, 6) is 0.802. The van der Waals surface area contributed by atoms with Gasteiger partial charge in [0.25, 0.3) is 0 Å². The van der Waals surface area contributed by atoms with Crippen LogP contribution < -0.4 is 5.73 Å². The molecule has 2 aromatic rings. The maximum absolute atomic E-state index is 6.27. The van der Waals surface area contributed by atoms with Crippen molar-refractivity contribution in [1.82, 2.24) is 0 Å². The van der Waals surface area contributed by atoms with Gasteiger partial charge in [0.05, 0.1) is 5.02 Å². The first-order valence-corrected chi connectivity index (χ1v) is 7.73. The molecule has 1 unspecified atom stereocenters. The van der Waals surface area contributed by atoms with Crippen molar-refractivity contribution in [3.05, 3.63) is 63.6 Å². The lowest BCUT2D eigenvalue weighted by Crippen LogP contribution is -2.04. The minimum absolute atomic E-state index is 0.000109. The summed E-state index contributed by atoms with van der Waals surface area (Å²) in [6, 6.07) is 13.8. The molecule has 0 aliphatic carbocycles. The Morgan fingerprint density at radius 2 is 1.84 bits per heavy atom. The van der Waals surface area contributed by atoms with Crippen molar-refractivity contribution in [2.24, 2.45) is 5.73 Å². The van der Waals surface area contributed by atoms with E-state index < -0.39 is 0 Å². The lowest BCUT2D eigenvalue weighted by atomic mass is 10.1. The first-order chi connectivity index (χ1) is 9.08. The second-order valence-electron chi connectivity index (χ2n) is 4.36. The van der Waals surface area contributed by atoms with E-state index in [0.29, 0.717) is 0 Å². The Bertz CT molecular complexity index is 570. The number of thioether (sulfide) groups is 1. The minimum Gasteiger partial charge on any atom is -0.324 e. The predicted octanol–water partition coefficient (Wildman–Crippen LogP) is 5.31. The second-order valence-corrected chi connectivity index (χ2v) is 6.19. The molecule has 2 aromatic carbocycles. The zero-order chi connectivity index (χ0) is 13.8. The van der Waals surface area contributed by atoms with E-state index in [4.69, 9.17) is 28.9 Å². The summed E-state index contributed by atoms with van der Waals surface area (Å²) in [5, 5.41) is 1.53. The summed E-state index contributed by atoms with van der Waals surface area (Å²) < 4.78 is 0. The van der Waals surface area contributed by atoms with Crippen LogP contribution in [0.5, 0.6) is 0 Å². The highest BCUT2D eigenvalue weighted by Gasteiger charge is 2.07. The molecule has 0 radical (unpaired) electrons. The van der Waals surface area contributed by atoms with Crippen molar-refractivity contribution in [3.8, 4) is 0 Å². The number of benzene rings is 2. The minimum atomic E-state index is 0.000109. The summed E-state index contributed by atoms with van der Waals surface area (Å²) in [5.41, 5.74) is 8.00. The molecule has 0 saturated heterocycles. The van der Waals surface area contributed by atoms with Crippen LogP contribution in [-0.4, -0.2) is 0 Å². The fourth-order valence-electron chi connectivity index (χ4n) is 1.69. The van der Waals surface area contributed by atoms with Gasteiger partial charge in [0, 0.05) is 21.7 Å². The van der Waals surface area contributed by atoms with Crippen molar-refractivity contribution >= 4 is 35.0 Å². The molecule has 0 aliphatic heterocycles. The SMILES string of the molecule is CC(N)c1ccc(SCc2ccccc2Cl)c(Cl)c1. The number of nitrogens with two attached hydrogens (primary N) is 1. The predicted molar refractivity (Wildman–Crippen MR) is 85.1 cm³/mol. The van der Waals surface area contributed by atoms with Crippen LogP contribution in [0.25, 0.3) is 0 Å². The zero-order valence-corrected chi connectivity index (χ0v) is 12.9. The van der Waals surface area contributed by atoms with Crippen LogP contribution in [0.15, 0.2) is 47.4 Å². The molecule has 0 saturated carbocycles. The molecule has 0 bridgehead atoms. The number of halogens is 2. The monoisotopic (exact) mass is 311 g/mol. The Morgan fingerprint density at radius 3 is 2.47 bits per heavy atom. The van der Waals surface area contributed by atoms with Crippen molar-refractivity contribution in [3.63, 3.8) is 0 Å². The average molecular weight is 312 g/mol.